The summed E-state index contributed by atoms with van der Waals surface area (Å²) in [4.78, 5) is 0. The van der Waals surface area contributed by atoms with Crippen molar-refractivity contribution in [1.82, 2.24) is 5.32 Å². The second kappa shape index (κ2) is 4.34. The topological polar surface area (TPSA) is 12.0 Å². The summed E-state index contributed by atoms with van der Waals surface area (Å²) in [5.41, 5.74) is 2.13. The molecule has 3 fully saturated rings. The van der Waals surface area contributed by atoms with Gasteiger partial charge in [0.1, 0.15) is 0 Å². The Kier molecular flexibility index (Phi) is 2.73. The number of hydrogen-bond donors (Lipinski definition) is 1. The van der Waals surface area contributed by atoms with Crippen molar-refractivity contribution in [3.05, 3.63) is 35.9 Å². The minimum Gasteiger partial charge on any atom is -0.313 e. The van der Waals surface area contributed by atoms with Gasteiger partial charge in [-0.05, 0) is 60.8 Å². The van der Waals surface area contributed by atoms with Crippen LogP contribution >= 0.6 is 0 Å². The zero-order valence-corrected chi connectivity index (χ0v) is 11.9. The molecule has 19 heavy (non-hydrogen) atoms. The summed E-state index contributed by atoms with van der Waals surface area (Å²) in [7, 11) is 0. The van der Waals surface area contributed by atoms with Crippen molar-refractivity contribution in [1.29, 1.82) is 0 Å². The molecule has 0 amide bonds. The average molecular weight is 255 g/mol. The fourth-order valence-electron chi connectivity index (χ4n) is 3.97. The first-order valence-electron chi connectivity index (χ1n) is 8.06. The Balaban J connectivity index is 1.46. The third-order valence-electron chi connectivity index (χ3n) is 5.72. The Morgan fingerprint density at radius 3 is 2.47 bits per heavy atom. The van der Waals surface area contributed by atoms with E-state index in [1.807, 2.05) is 0 Å². The molecule has 0 aromatic heterocycles. The molecule has 0 heterocycles. The molecular weight excluding hydrogens is 230 g/mol. The third kappa shape index (κ3) is 2.33. The standard InChI is InChI=1S/C18H25N/c1-18(14-7-8-14,12-19-15-9-10-15)17-11-16(17)13-5-3-2-4-6-13/h2-6,14-17,19H,7-12H2,1H3. The zero-order valence-electron chi connectivity index (χ0n) is 11.9. The summed E-state index contributed by atoms with van der Waals surface area (Å²) in [6.45, 7) is 3.82. The predicted molar refractivity (Wildman–Crippen MR) is 79.1 cm³/mol. The summed E-state index contributed by atoms with van der Waals surface area (Å²) < 4.78 is 0. The van der Waals surface area contributed by atoms with Gasteiger partial charge in [-0.25, -0.2) is 0 Å². The molecule has 3 saturated carbocycles. The molecule has 0 aliphatic heterocycles. The fourth-order valence-corrected chi connectivity index (χ4v) is 3.97. The van der Waals surface area contributed by atoms with E-state index in [9.17, 15) is 0 Å². The molecule has 3 aliphatic rings. The van der Waals surface area contributed by atoms with Crippen molar-refractivity contribution in [2.24, 2.45) is 17.3 Å². The number of benzene rings is 1. The summed E-state index contributed by atoms with van der Waals surface area (Å²) >= 11 is 0. The summed E-state index contributed by atoms with van der Waals surface area (Å²) in [5.74, 6) is 2.76. The van der Waals surface area contributed by atoms with Crippen molar-refractivity contribution < 1.29 is 0 Å². The van der Waals surface area contributed by atoms with Gasteiger partial charge in [-0.3, -0.25) is 0 Å². The van der Waals surface area contributed by atoms with Crippen molar-refractivity contribution in [2.45, 2.75) is 51.0 Å². The molecule has 1 aromatic rings. The minimum absolute atomic E-state index is 0.559. The Labute approximate surface area is 116 Å². The summed E-state index contributed by atoms with van der Waals surface area (Å²) in [5, 5.41) is 3.81. The van der Waals surface area contributed by atoms with Gasteiger partial charge in [0.15, 0.2) is 0 Å². The van der Waals surface area contributed by atoms with Gasteiger partial charge < -0.3 is 5.32 Å². The summed E-state index contributed by atoms with van der Waals surface area (Å²) in [6, 6.07) is 12.0. The van der Waals surface area contributed by atoms with Crippen molar-refractivity contribution >= 4 is 0 Å². The molecule has 0 bridgehead atoms. The predicted octanol–water partition coefficient (Wildman–Crippen LogP) is 3.96. The molecule has 102 valence electrons. The number of rotatable bonds is 6. The second-order valence-electron chi connectivity index (χ2n) is 7.29. The highest BCUT2D eigenvalue weighted by Gasteiger charge is 2.56. The Bertz CT molecular complexity index is 446. The monoisotopic (exact) mass is 255 g/mol. The largest absolute Gasteiger partial charge is 0.313 e. The van der Waals surface area contributed by atoms with Crippen LogP contribution in [-0.4, -0.2) is 12.6 Å². The lowest BCUT2D eigenvalue weighted by Gasteiger charge is -2.31. The van der Waals surface area contributed by atoms with Gasteiger partial charge in [-0.1, -0.05) is 37.3 Å². The maximum absolute atomic E-state index is 3.81. The quantitative estimate of drug-likeness (QED) is 0.811. The van der Waals surface area contributed by atoms with Crippen molar-refractivity contribution in [3.8, 4) is 0 Å². The molecule has 0 saturated heterocycles. The van der Waals surface area contributed by atoms with Gasteiger partial charge >= 0.3 is 0 Å². The molecule has 4 rings (SSSR count). The smallest absolute Gasteiger partial charge is 0.00684 e. The third-order valence-corrected chi connectivity index (χ3v) is 5.72. The van der Waals surface area contributed by atoms with Crippen LogP contribution in [0.5, 0.6) is 0 Å². The molecule has 0 spiro atoms. The Morgan fingerprint density at radius 1 is 1.11 bits per heavy atom. The maximum Gasteiger partial charge on any atom is 0.00684 e. The molecule has 3 atom stereocenters. The fraction of sp³-hybridized carbons (Fsp3) is 0.667. The molecule has 3 aliphatic carbocycles. The van der Waals surface area contributed by atoms with E-state index in [0.717, 1.165) is 23.8 Å². The van der Waals surface area contributed by atoms with Gasteiger partial charge in [0.2, 0.25) is 0 Å². The second-order valence-corrected chi connectivity index (χ2v) is 7.29. The highest BCUT2D eigenvalue weighted by Crippen LogP contribution is 2.63. The minimum atomic E-state index is 0.559. The van der Waals surface area contributed by atoms with E-state index in [-0.39, 0.29) is 0 Å². The first-order valence-corrected chi connectivity index (χ1v) is 8.06. The number of nitrogens with one attached hydrogen (secondary N) is 1. The van der Waals surface area contributed by atoms with Crippen LogP contribution in [0.3, 0.4) is 0 Å². The van der Waals surface area contributed by atoms with Crippen LogP contribution in [0.2, 0.25) is 0 Å². The van der Waals surface area contributed by atoms with E-state index < -0.39 is 0 Å². The molecular formula is C18H25N. The van der Waals surface area contributed by atoms with Crippen LogP contribution in [0.15, 0.2) is 30.3 Å². The van der Waals surface area contributed by atoms with E-state index in [4.69, 9.17) is 0 Å². The Hall–Kier alpha value is -0.820. The van der Waals surface area contributed by atoms with Gasteiger partial charge in [0.05, 0.1) is 0 Å². The van der Waals surface area contributed by atoms with E-state index in [2.05, 4.69) is 42.6 Å². The zero-order chi connectivity index (χ0) is 12.9. The van der Waals surface area contributed by atoms with Crippen LogP contribution in [0.25, 0.3) is 0 Å². The first-order chi connectivity index (χ1) is 9.27. The van der Waals surface area contributed by atoms with Crippen LogP contribution < -0.4 is 5.32 Å². The van der Waals surface area contributed by atoms with Crippen LogP contribution in [-0.2, 0) is 0 Å². The van der Waals surface area contributed by atoms with Crippen molar-refractivity contribution in [2.75, 3.05) is 6.54 Å². The van der Waals surface area contributed by atoms with Gasteiger partial charge in [-0.2, -0.15) is 0 Å². The van der Waals surface area contributed by atoms with Crippen LogP contribution in [0.4, 0.5) is 0 Å². The van der Waals surface area contributed by atoms with E-state index in [1.165, 1.54) is 38.6 Å². The van der Waals surface area contributed by atoms with Crippen molar-refractivity contribution in [3.63, 3.8) is 0 Å². The van der Waals surface area contributed by atoms with Crippen LogP contribution in [0.1, 0.15) is 50.5 Å². The lowest BCUT2D eigenvalue weighted by atomic mass is 9.78. The molecule has 1 heteroatoms. The molecule has 0 radical (unpaired) electrons. The molecule has 1 nitrogen and oxygen atoms in total. The number of hydrogen-bond acceptors (Lipinski definition) is 1. The Morgan fingerprint density at radius 2 is 1.84 bits per heavy atom. The van der Waals surface area contributed by atoms with E-state index in [0.29, 0.717) is 5.41 Å². The highest BCUT2D eigenvalue weighted by molar-refractivity contribution is 5.28. The normalized spacial score (nSPS) is 32.9. The first kappa shape index (κ1) is 12.0. The molecule has 1 aromatic carbocycles. The molecule has 3 unspecified atom stereocenters. The molecule has 1 N–H and O–H groups in total. The van der Waals surface area contributed by atoms with Gasteiger partial charge in [-0.15, -0.1) is 0 Å². The van der Waals surface area contributed by atoms with Crippen LogP contribution in [0, 0.1) is 17.3 Å². The van der Waals surface area contributed by atoms with Gasteiger partial charge in [0.25, 0.3) is 0 Å². The highest BCUT2D eigenvalue weighted by atomic mass is 15.0. The average Bonchev–Trinajstić information content (AvgIpc) is 3.33. The lowest BCUT2D eigenvalue weighted by Crippen LogP contribution is -2.37. The van der Waals surface area contributed by atoms with Gasteiger partial charge in [0, 0.05) is 12.6 Å². The van der Waals surface area contributed by atoms with E-state index >= 15 is 0 Å². The lowest BCUT2D eigenvalue weighted by molar-refractivity contribution is 0.210. The summed E-state index contributed by atoms with van der Waals surface area (Å²) in [6.07, 6.45) is 7.19. The van der Waals surface area contributed by atoms with E-state index in [1.54, 1.807) is 5.56 Å². The maximum atomic E-state index is 3.81. The SMILES string of the molecule is CC(CNC1CC1)(C1CC1)C1CC1c1ccccc1.